The third-order valence-electron chi connectivity index (χ3n) is 8.42. The SMILES string of the molecule is CCC1(n2nc(Nc3ccc(C(=O)N4CCOC5CC54)c(C)c3)c3c(=O)[nH]ccc32)CCN(C(=O)O)CC1. The van der Waals surface area contributed by atoms with Gasteiger partial charge in [0.25, 0.3) is 11.5 Å². The van der Waals surface area contributed by atoms with E-state index in [0.29, 0.717) is 61.4 Å². The number of carbonyl (C=O) groups is 2. The molecule has 4 heterocycles. The molecule has 6 rings (SSSR count). The van der Waals surface area contributed by atoms with Gasteiger partial charge in [0.05, 0.1) is 29.8 Å². The van der Waals surface area contributed by atoms with Gasteiger partial charge in [0.2, 0.25) is 0 Å². The number of rotatable bonds is 5. The van der Waals surface area contributed by atoms with E-state index in [2.05, 4.69) is 17.2 Å². The maximum Gasteiger partial charge on any atom is 0.407 e. The molecule has 200 valence electrons. The number of likely N-dealkylation sites (tertiary alicyclic amines) is 1. The zero-order valence-corrected chi connectivity index (χ0v) is 21.6. The zero-order chi connectivity index (χ0) is 26.6. The first-order chi connectivity index (χ1) is 18.3. The van der Waals surface area contributed by atoms with E-state index in [0.717, 1.165) is 24.1 Å². The number of nitrogens with one attached hydrogen (secondary N) is 2. The molecule has 2 amide bonds. The highest BCUT2D eigenvalue weighted by atomic mass is 16.5. The van der Waals surface area contributed by atoms with E-state index < -0.39 is 11.6 Å². The van der Waals surface area contributed by atoms with E-state index >= 15 is 0 Å². The molecule has 2 atom stereocenters. The van der Waals surface area contributed by atoms with Gasteiger partial charge >= 0.3 is 6.09 Å². The molecule has 11 nitrogen and oxygen atoms in total. The summed E-state index contributed by atoms with van der Waals surface area (Å²) in [6.45, 7) is 5.99. The first-order valence-corrected chi connectivity index (χ1v) is 13.2. The molecule has 0 radical (unpaired) electrons. The summed E-state index contributed by atoms with van der Waals surface area (Å²) in [5.74, 6) is 0.455. The van der Waals surface area contributed by atoms with Crippen LogP contribution in [0.15, 0.2) is 35.3 Å². The number of carbonyl (C=O) groups excluding carboxylic acids is 1. The van der Waals surface area contributed by atoms with Crippen LogP contribution >= 0.6 is 0 Å². The Balaban J connectivity index is 1.31. The van der Waals surface area contributed by atoms with Gasteiger partial charge in [-0.2, -0.15) is 5.10 Å². The van der Waals surface area contributed by atoms with Crippen LogP contribution in [-0.4, -0.2) is 80.1 Å². The fourth-order valence-corrected chi connectivity index (χ4v) is 6.02. The number of benzene rings is 1. The topological polar surface area (TPSA) is 133 Å². The van der Waals surface area contributed by atoms with Gasteiger partial charge in [-0.1, -0.05) is 6.92 Å². The van der Waals surface area contributed by atoms with Crippen molar-refractivity contribution in [1.82, 2.24) is 24.6 Å². The molecular formula is C27H32N6O5. The van der Waals surface area contributed by atoms with Crippen LogP contribution in [0.25, 0.3) is 10.9 Å². The Bertz CT molecular complexity index is 1470. The van der Waals surface area contributed by atoms with E-state index in [1.165, 1.54) is 4.90 Å². The standard InChI is InChI=1S/C27H32N6O5/c1-3-27(7-10-31(11-8-27)26(36)37)33-19-6-9-28-24(34)22(19)23(30-33)29-17-4-5-18(16(2)14-17)25(35)32-12-13-38-21-15-20(21)32/h4-6,9,14,20-21H,3,7-8,10-13,15H2,1-2H3,(H,28,34)(H,29,30)(H,36,37). The first kappa shape index (κ1) is 24.5. The Morgan fingerprint density at radius 2 is 2.03 bits per heavy atom. The van der Waals surface area contributed by atoms with Crippen LogP contribution in [0.3, 0.4) is 0 Å². The molecule has 2 saturated heterocycles. The number of carboxylic acid groups (broad SMARTS) is 1. The quantitative estimate of drug-likeness (QED) is 0.470. The number of piperidine rings is 1. The molecule has 11 heteroatoms. The van der Waals surface area contributed by atoms with E-state index in [-0.39, 0.29) is 23.6 Å². The van der Waals surface area contributed by atoms with Crippen LogP contribution in [0.4, 0.5) is 16.3 Å². The molecule has 0 bridgehead atoms. The van der Waals surface area contributed by atoms with Crippen LogP contribution in [-0.2, 0) is 10.3 Å². The maximum absolute atomic E-state index is 13.2. The summed E-state index contributed by atoms with van der Waals surface area (Å²) in [5.41, 5.74) is 2.28. The lowest BCUT2D eigenvalue weighted by atomic mass is 9.85. The van der Waals surface area contributed by atoms with Crippen LogP contribution in [0, 0.1) is 6.92 Å². The number of aromatic nitrogens is 3. The van der Waals surface area contributed by atoms with E-state index in [1.807, 2.05) is 40.8 Å². The number of aromatic amines is 1. The minimum Gasteiger partial charge on any atom is -0.465 e. The highest BCUT2D eigenvalue weighted by molar-refractivity contribution is 5.97. The normalized spacial score (nSPS) is 22.3. The number of pyridine rings is 1. The van der Waals surface area contributed by atoms with Crippen molar-refractivity contribution in [3.63, 3.8) is 0 Å². The summed E-state index contributed by atoms with van der Waals surface area (Å²) in [5, 5.41) is 18.1. The van der Waals surface area contributed by atoms with Crippen molar-refractivity contribution in [2.24, 2.45) is 0 Å². The first-order valence-electron chi connectivity index (χ1n) is 13.2. The predicted octanol–water partition coefficient (Wildman–Crippen LogP) is 3.27. The van der Waals surface area contributed by atoms with E-state index in [4.69, 9.17) is 9.84 Å². The number of hydrogen-bond acceptors (Lipinski definition) is 6. The molecule has 3 N–H and O–H groups in total. The molecule has 1 saturated carbocycles. The molecule has 3 aliphatic rings. The minimum atomic E-state index is -0.915. The number of aryl methyl sites for hydroxylation is 1. The third kappa shape index (κ3) is 4.01. The zero-order valence-electron chi connectivity index (χ0n) is 21.6. The highest BCUT2D eigenvalue weighted by Gasteiger charge is 2.48. The number of fused-ring (bicyclic) bond motifs is 2. The fourth-order valence-electron chi connectivity index (χ4n) is 6.02. The van der Waals surface area contributed by atoms with Crippen LogP contribution in [0.1, 0.15) is 48.5 Å². The van der Waals surface area contributed by atoms with Gasteiger partial charge in [-0.25, -0.2) is 4.79 Å². The van der Waals surface area contributed by atoms with Crippen LogP contribution in [0.5, 0.6) is 0 Å². The number of hydrogen-bond donors (Lipinski definition) is 3. The van der Waals surface area contributed by atoms with Crippen LogP contribution in [0.2, 0.25) is 0 Å². The van der Waals surface area contributed by atoms with Gasteiger partial charge in [-0.3, -0.25) is 14.3 Å². The molecule has 2 aromatic heterocycles. The molecule has 1 aliphatic carbocycles. The number of anilines is 2. The van der Waals surface area contributed by atoms with Gasteiger partial charge in [-0.15, -0.1) is 0 Å². The predicted molar refractivity (Wildman–Crippen MR) is 141 cm³/mol. The largest absolute Gasteiger partial charge is 0.465 e. The van der Waals surface area contributed by atoms with Crippen molar-refractivity contribution < 1.29 is 19.4 Å². The fraction of sp³-hybridized carbons (Fsp3) is 0.481. The highest BCUT2D eigenvalue weighted by Crippen LogP contribution is 2.38. The van der Waals surface area contributed by atoms with Gasteiger partial charge < -0.3 is 29.9 Å². The molecule has 1 aromatic carbocycles. The summed E-state index contributed by atoms with van der Waals surface area (Å²) >= 11 is 0. The third-order valence-corrected chi connectivity index (χ3v) is 8.42. The van der Waals surface area contributed by atoms with Gasteiger partial charge in [0.1, 0.15) is 5.39 Å². The van der Waals surface area contributed by atoms with Gasteiger partial charge in [0.15, 0.2) is 5.82 Å². The summed E-state index contributed by atoms with van der Waals surface area (Å²) in [7, 11) is 0. The Kier molecular flexibility index (Phi) is 5.90. The van der Waals surface area contributed by atoms with Gasteiger partial charge in [-0.05, 0) is 62.4 Å². The van der Waals surface area contributed by atoms with Crippen LogP contribution < -0.4 is 10.9 Å². The molecule has 0 spiro atoms. The Hall–Kier alpha value is -3.86. The van der Waals surface area contributed by atoms with E-state index in [9.17, 15) is 19.5 Å². The summed E-state index contributed by atoms with van der Waals surface area (Å²) < 4.78 is 7.55. The Labute approximate surface area is 219 Å². The lowest BCUT2D eigenvalue weighted by molar-refractivity contribution is 0.0262. The molecule has 2 unspecified atom stereocenters. The minimum absolute atomic E-state index is 0.0219. The van der Waals surface area contributed by atoms with E-state index in [1.54, 1.807) is 6.20 Å². The molecule has 38 heavy (non-hydrogen) atoms. The van der Waals surface area contributed by atoms with Gasteiger partial charge in [0, 0.05) is 37.1 Å². The maximum atomic E-state index is 13.2. The number of H-pyrrole nitrogens is 1. The van der Waals surface area contributed by atoms with Crippen molar-refractivity contribution in [3.05, 3.63) is 51.9 Å². The monoisotopic (exact) mass is 520 g/mol. The second-order valence-electron chi connectivity index (χ2n) is 10.5. The average molecular weight is 521 g/mol. The van der Waals surface area contributed by atoms with Crippen molar-refractivity contribution in [3.8, 4) is 0 Å². The lowest BCUT2D eigenvalue weighted by Gasteiger charge is -2.41. The number of ether oxygens (including phenoxy) is 1. The summed E-state index contributed by atoms with van der Waals surface area (Å²) in [6, 6.07) is 7.60. The average Bonchev–Trinajstić information content (AvgIpc) is 3.62. The second kappa shape index (κ2) is 9.16. The molecule has 3 fully saturated rings. The molecular weight excluding hydrogens is 488 g/mol. The lowest BCUT2D eigenvalue weighted by Crippen LogP contribution is -2.47. The Morgan fingerprint density at radius 3 is 2.74 bits per heavy atom. The molecule has 2 aliphatic heterocycles. The van der Waals surface area contributed by atoms with Crippen molar-refractivity contribution >= 4 is 34.4 Å². The molecule has 3 aromatic rings. The smallest absolute Gasteiger partial charge is 0.407 e. The summed E-state index contributed by atoms with van der Waals surface area (Å²) in [6.07, 6.45) is 3.75. The second-order valence-corrected chi connectivity index (χ2v) is 10.5. The van der Waals surface area contributed by atoms with Crippen molar-refractivity contribution in [1.29, 1.82) is 0 Å². The Morgan fingerprint density at radius 1 is 1.24 bits per heavy atom. The summed E-state index contributed by atoms with van der Waals surface area (Å²) in [4.78, 5) is 43.7. The van der Waals surface area contributed by atoms with Crippen molar-refractivity contribution in [2.75, 3.05) is 31.6 Å². The number of nitrogens with zero attached hydrogens (tertiary/aromatic N) is 4. The van der Waals surface area contributed by atoms with Crippen molar-refractivity contribution in [2.45, 2.75) is 57.2 Å². The number of morpholine rings is 1. The number of amides is 2.